The zero-order valence-electron chi connectivity index (χ0n) is 9.83. The molecule has 3 nitrogen and oxygen atoms in total. The first-order valence-electron chi connectivity index (χ1n) is 5.00. The molecule has 1 rings (SSSR count). The summed E-state index contributed by atoms with van der Waals surface area (Å²) in [4.78, 5) is 11.1. The predicted molar refractivity (Wildman–Crippen MR) is 58.7 cm³/mol. The first kappa shape index (κ1) is 12.5. The number of rotatable bonds is 4. The van der Waals surface area contributed by atoms with E-state index in [1.54, 1.807) is 0 Å². The Bertz CT molecular complexity index is 399. The van der Waals surface area contributed by atoms with Gasteiger partial charge in [-0.25, -0.2) is 4.39 Å². The molecule has 0 saturated carbocycles. The predicted octanol–water partition coefficient (Wildman–Crippen LogP) is 2.82. The summed E-state index contributed by atoms with van der Waals surface area (Å²) in [5.41, 5.74) is 0.00737. The van der Waals surface area contributed by atoms with Gasteiger partial charge in [0.1, 0.15) is 5.82 Å². The summed E-state index contributed by atoms with van der Waals surface area (Å²) < 4.78 is 23.9. The average Bonchev–Trinajstić information content (AvgIpc) is 2.16. The molecule has 0 heterocycles. The van der Waals surface area contributed by atoms with Crippen LogP contribution in [-0.4, -0.2) is 19.0 Å². The van der Waals surface area contributed by atoms with Crippen molar-refractivity contribution in [1.29, 1.82) is 0 Å². The maximum absolute atomic E-state index is 13.5. The van der Waals surface area contributed by atoms with Crippen molar-refractivity contribution in [2.24, 2.45) is 0 Å². The van der Waals surface area contributed by atoms with Crippen LogP contribution in [0.1, 0.15) is 31.1 Å². The van der Waals surface area contributed by atoms with Crippen LogP contribution < -0.4 is 9.47 Å². The minimum Gasteiger partial charge on any atom is -0.493 e. The highest BCUT2D eigenvalue weighted by Gasteiger charge is 2.15. The SMILES string of the molecule is COc1cc(C(C)=O)c(F)cc1OC(C)C. The Morgan fingerprint density at radius 1 is 1.31 bits per heavy atom. The first-order chi connectivity index (χ1) is 7.45. The minimum absolute atomic E-state index is 0.00737. The molecule has 1 aromatic carbocycles. The standard InChI is InChI=1S/C12H15FO3/c1-7(2)16-12-6-10(13)9(8(3)14)5-11(12)15-4/h5-7H,1-4H3. The molecule has 0 aromatic heterocycles. The van der Waals surface area contributed by atoms with Crippen molar-refractivity contribution >= 4 is 5.78 Å². The second kappa shape index (κ2) is 4.96. The maximum Gasteiger partial charge on any atom is 0.164 e. The Labute approximate surface area is 94.2 Å². The van der Waals surface area contributed by atoms with Gasteiger partial charge < -0.3 is 9.47 Å². The smallest absolute Gasteiger partial charge is 0.164 e. The van der Waals surface area contributed by atoms with Gasteiger partial charge in [0.25, 0.3) is 0 Å². The van der Waals surface area contributed by atoms with Crippen molar-refractivity contribution in [1.82, 2.24) is 0 Å². The Morgan fingerprint density at radius 3 is 2.38 bits per heavy atom. The fourth-order valence-electron chi connectivity index (χ4n) is 1.31. The summed E-state index contributed by atoms with van der Waals surface area (Å²) in [6, 6.07) is 2.53. The van der Waals surface area contributed by atoms with Gasteiger partial charge in [0, 0.05) is 6.07 Å². The van der Waals surface area contributed by atoms with Crippen LogP contribution in [0, 0.1) is 5.82 Å². The van der Waals surface area contributed by atoms with E-state index in [2.05, 4.69) is 0 Å². The average molecular weight is 226 g/mol. The van der Waals surface area contributed by atoms with Crippen molar-refractivity contribution in [3.8, 4) is 11.5 Å². The van der Waals surface area contributed by atoms with E-state index in [0.717, 1.165) is 0 Å². The highest BCUT2D eigenvalue weighted by molar-refractivity contribution is 5.95. The topological polar surface area (TPSA) is 35.5 Å². The number of ketones is 1. The van der Waals surface area contributed by atoms with Crippen LogP contribution in [0.3, 0.4) is 0 Å². The van der Waals surface area contributed by atoms with Crippen molar-refractivity contribution in [3.05, 3.63) is 23.5 Å². The van der Waals surface area contributed by atoms with Gasteiger partial charge >= 0.3 is 0 Å². The summed E-state index contributed by atoms with van der Waals surface area (Å²) in [5, 5.41) is 0. The lowest BCUT2D eigenvalue weighted by atomic mass is 10.1. The maximum atomic E-state index is 13.5. The first-order valence-corrected chi connectivity index (χ1v) is 5.00. The lowest BCUT2D eigenvalue weighted by molar-refractivity contribution is 0.101. The van der Waals surface area contributed by atoms with Crippen molar-refractivity contribution in [3.63, 3.8) is 0 Å². The molecule has 0 aliphatic heterocycles. The largest absolute Gasteiger partial charge is 0.493 e. The minimum atomic E-state index is -0.594. The molecule has 0 aliphatic carbocycles. The fraction of sp³-hybridized carbons (Fsp3) is 0.417. The number of halogens is 1. The van der Waals surface area contributed by atoms with Crippen LogP contribution >= 0.6 is 0 Å². The summed E-state index contributed by atoms with van der Waals surface area (Å²) in [6.45, 7) is 4.97. The molecular formula is C12H15FO3. The Kier molecular flexibility index (Phi) is 3.88. The zero-order chi connectivity index (χ0) is 12.3. The molecular weight excluding hydrogens is 211 g/mol. The summed E-state index contributed by atoms with van der Waals surface area (Å²) >= 11 is 0. The third kappa shape index (κ3) is 2.72. The molecule has 88 valence electrons. The Balaban J connectivity index is 3.21. The normalized spacial score (nSPS) is 10.4. The van der Waals surface area contributed by atoms with E-state index in [1.807, 2.05) is 13.8 Å². The molecule has 0 unspecified atom stereocenters. The van der Waals surface area contributed by atoms with Crippen LogP contribution in [-0.2, 0) is 0 Å². The van der Waals surface area contributed by atoms with Crippen molar-refractivity contribution in [2.45, 2.75) is 26.9 Å². The number of Topliss-reactive ketones (excluding diaryl/α,β-unsaturated/α-hetero) is 1. The molecule has 0 spiro atoms. The van der Waals surface area contributed by atoms with Crippen molar-refractivity contribution < 1.29 is 18.7 Å². The molecule has 0 fully saturated rings. The molecule has 0 saturated heterocycles. The molecule has 1 aromatic rings. The number of benzene rings is 1. The van der Waals surface area contributed by atoms with E-state index in [1.165, 1.54) is 26.2 Å². The second-order valence-corrected chi connectivity index (χ2v) is 3.71. The van der Waals surface area contributed by atoms with E-state index in [0.29, 0.717) is 11.5 Å². The number of carbonyl (C=O) groups is 1. The molecule has 0 atom stereocenters. The molecule has 16 heavy (non-hydrogen) atoms. The molecule has 0 aliphatic rings. The number of carbonyl (C=O) groups excluding carboxylic acids is 1. The Morgan fingerprint density at radius 2 is 1.94 bits per heavy atom. The molecule has 0 amide bonds. The highest BCUT2D eigenvalue weighted by atomic mass is 19.1. The quantitative estimate of drug-likeness (QED) is 0.740. The Hall–Kier alpha value is -1.58. The van der Waals surface area contributed by atoms with Crippen LogP contribution in [0.15, 0.2) is 12.1 Å². The fourth-order valence-corrected chi connectivity index (χ4v) is 1.31. The van der Waals surface area contributed by atoms with E-state index < -0.39 is 5.82 Å². The second-order valence-electron chi connectivity index (χ2n) is 3.71. The van der Waals surface area contributed by atoms with Gasteiger partial charge in [0.05, 0.1) is 18.8 Å². The molecule has 4 heteroatoms. The van der Waals surface area contributed by atoms with Crippen LogP contribution in [0.5, 0.6) is 11.5 Å². The zero-order valence-corrected chi connectivity index (χ0v) is 9.83. The van der Waals surface area contributed by atoms with Gasteiger partial charge in [-0.3, -0.25) is 4.79 Å². The summed E-state index contributed by atoms with van der Waals surface area (Å²) in [7, 11) is 1.45. The molecule has 0 bridgehead atoms. The summed E-state index contributed by atoms with van der Waals surface area (Å²) in [5.74, 6) is -0.267. The van der Waals surface area contributed by atoms with Crippen LogP contribution in [0.25, 0.3) is 0 Å². The monoisotopic (exact) mass is 226 g/mol. The van der Waals surface area contributed by atoms with Gasteiger partial charge in [-0.2, -0.15) is 0 Å². The van der Waals surface area contributed by atoms with E-state index in [-0.39, 0.29) is 17.5 Å². The number of methoxy groups -OCH3 is 1. The number of hydrogen-bond donors (Lipinski definition) is 0. The lowest BCUT2D eigenvalue weighted by Gasteiger charge is -2.14. The van der Waals surface area contributed by atoms with Crippen molar-refractivity contribution in [2.75, 3.05) is 7.11 Å². The number of ether oxygens (including phenoxy) is 2. The summed E-state index contributed by atoms with van der Waals surface area (Å²) in [6.07, 6.45) is -0.0866. The van der Waals surface area contributed by atoms with Gasteiger partial charge in [0.15, 0.2) is 17.3 Å². The van der Waals surface area contributed by atoms with Gasteiger partial charge in [-0.1, -0.05) is 0 Å². The van der Waals surface area contributed by atoms with E-state index in [4.69, 9.17) is 9.47 Å². The van der Waals surface area contributed by atoms with Crippen LogP contribution in [0.2, 0.25) is 0 Å². The van der Waals surface area contributed by atoms with Gasteiger partial charge in [-0.15, -0.1) is 0 Å². The van der Waals surface area contributed by atoms with E-state index in [9.17, 15) is 9.18 Å². The lowest BCUT2D eigenvalue weighted by Crippen LogP contribution is -2.08. The van der Waals surface area contributed by atoms with Gasteiger partial charge in [-0.05, 0) is 26.8 Å². The highest BCUT2D eigenvalue weighted by Crippen LogP contribution is 2.31. The third-order valence-corrected chi connectivity index (χ3v) is 2.00. The van der Waals surface area contributed by atoms with Crippen LogP contribution in [0.4, 0.5) is 4.39 Å². The molecule has 0 N–H and O–H groups in total. The third-order valence-electron chi connectivity index (χ3n) is 2.00. The number of hydrogen-bond acceptors (Lipinski definition) is 3. The van der Waals surface area contributed by atoms with Gasteiger partial charge in [0.2, 0.25) is 0 Å². The molecule has 0 radical (unpaired) electrons. The van der Waals surface area contributed by atoms with E-state index >= 15 is 0 Å².